The van der Waals surface area contributed by atoms with Gasteiger partial charge in [0.2, 0.25) is 0 Å². The molecule has 0 aliphatic rings. The normalized spacial score (nSPS) is 11.2. The van der Waals surface area contributed by atoms with Crippen molar-refractivity contribution in [1.29, 1.82) is 0 Å². The summed E-state index contributed by atoms with van der Waals surface area (Å²) in [7, 11) is 5.31. The van der Waals surface area contributed by atoms with Crippen molar-refractivity contribution >= 4 is 35.0 Å². The van der Waals surface area contributed by atoms with E-state index >= 15 is 0 Å². The van der Waals surface area contributed by atoms with E-state index in [2.05, 4.69) is 98.0 Å². The first-order valence-corrected chi connectivity index (χ1v) is 12.4. The van der Waals surface area contributed by atoms with E-state index in [-0.39, 0.29) is 26.6 Å². The van der Waals surface area contributed by atoms with Gasteiger partial charge >= 0.3 is 21.1 Å². The van der Waals surface area contributed by atoms with Gasteiger partial charge in [-0.1, -0.05) is 54.7 Å². The molecule has 1 radical (unpaired) electrons. The van der Waals surface area contributed by atoms with E-state index < -0.39 is 8.24 Å². The SMILES string of the molecule is CC(C)(C)N[Si](C)(C)c1cccc2c1[cH-]c1ccccc12.C[N-]C.C[N-]C.[Mo+3]. The van der Waals surface area contributed by atoms with Crippen LogP contribution in [0.15, 0.2) is 48.5 Å². The van der Waals surface area contributed by atoms with Gasteiger partial charge in [0.15, 0.2) is 0 Å². The fraction of sp³-hybridized carbons (Fsp3) is 0.435. The fourth-order valence-corrected chi connectivity index (χ4v) is 6.93. The molecule has 0 amide bonds. The summed E-state index contributed by atoms with van der Waals surface area (Å²) in [4.78, 5) is 3.89. The van der Waals surface area contributed by atoms with Crippen LogP contribution in [-0.4, -0.2) is 42.0 Å². The van der Waals surface area contributed by atoms with Gasteiger partial charge in [0.1, 0.15) is 8.24 Å². The second-order valence-electron chi connectivity index (χ2n) is 8.39. The molecule has 0 bridgehead atoms. The van der Waals surface area contributed by atoms with Gasteiger partial charge in [0.25, 0.3) is 0 Å². The second-order valence-corrected chi connectivity index (χ2v) is 12.4. The molecule has 0 aromatic heterocycles. The van der Waals surface area contributed by atoms with Crippen LogP contribution in [0.1, 0.15) is 20.8 Å². The summed E-state index contributed by atoms with van der Waals surface area (Å²) in [5.41, 5.74) is 0.143. The maximum Gasteiger partial charge on any atom is 3.00 e. The summed E-state index contributed by atoms with van der Waals surface area (Å²) in [5, 5.41) is 14.0. The van der Waals surface area contributed by atoms with E-state index in [0.29, 0.717) is 0 Å². The summed E-state index contributed by atoms with van der Waals surface area (Å²) in [5.74, 6) is 0. The van der Waals surface area contributed by atoms with Crippen LogP contribution in [0.4, 0.5) is 0 Å². The van der Waals surface area contributed by atoms with Crippen LogP contribution in [0.25, 0.3) is 32.2 Å². The minimum atomic E-state index is -1.69. The zero-order valence-electron chi connectivity index (χ0n) is 18.9. The predicted octanol–water partition coefficient (Wildman–Crippen LogP) is 5.75. The van der Waals surface area contributed by atoms with Crippen molar-refractivity contribution in [3.05, 3.63) is 59.2 Å². The molecule has 3 aromatic carbocycles. The minimum Gasteiger partial charge on any atom is -0.668 e. The van der Waals surface area contributed by atoms with Crippen LogP contribution in [0.2, 0.25) is 13.1 Å². The molecule has 1 N–H and O–H groups in total. The van der Waals surface area contributed by atoms with Gasteiger partial charge in [0.05, 0.1) is 0 Å². The Kier molecular flexibility index (Phi) is 11.6. The number of hydrogen-bond acceptors (Lipinski definition) is 1. The zero-order chi connectivity index (χ0) is 20.7. The quantitative estimate of drug-likeness (QED) is 0.370. The molecular weight excluding hydrogens is 442 g/mol. The van der Waals surface area contributed by atoms with E-state index in [4.69, 9.17) is 0 Å². The van der Waals surface area contributed by atoms with E-state index in [0.717, 1.165) is 0 Å². The molecule has 0 fully saturated rings. The Bertz CT molecular complexity index is 833. The van der Waals surface area contributed by atoms with Crippen molar-refractivity contribution in [2.24, 2.45) is 0 Å². The van der Waals surface area contributed by atoms with Gasteiger partial charge < -0.3 is 15.6 Å². The third-order valence-electron chi connectivity index (χ3n) is 4.02. The first kappa shape index (κ1) is 27.1. The van der Waals surface area contributed by atoms with Crippen molar-refractivity contribution in [2.45, 2.75) is 39.4 Å². The van der Waals surface area contributed by atoms with Gasteiger partial charge in [-0.2, -0.15) is 28.2 Å². The number of benzene rings is 2. The maximum absolute atomic E-state index is 3.89. The largest absolute Gasteiger partial charge is 3.00 e. The Hall–Kier alpha value is -0.905. The Morgan fingerprint density at radius 3 is 1.86 bits per heavy atom. The molecular formula is C23H36MoN3Si. The molecule has 3 rings (SSSR count). The van der Waals surface area contributed by atoms with Crippen molar-refractivity contribution in [3.63, 3.8) is 0 Å². The molecule has 0 aliphatic heterocycles. The third kappa shape index (κ3) is 7.49. The predicted molar refractivity (Wildman–Crippen MR) is 127 cm³/mol. The van der Waals surface area contributed by atoms with Crippen molar-refractivity contribution in [3.8, 4) is 0 Å². The molecule has 0 unspecified atom stereocenters. The average molecular weight is 479 g/mol. The summed E-state index contributed by atoms with van der Waals surface area (Å²) in [6.07, 6.45) is 0. The molecule has 0 saturated carbocycles. The summed E-state index contributed by atoms with van der Waals surface area (Å²) in [6, 6.07) is 17.8. The fourth-order valence-electron chi connectivity index (χ4n) is 3.53. The van der Waals surface area contributed by atoms with Crippen LogP contribution in [-0.2, 0) is 21.1 Å². The topological polar surface area (TPSA) is 40.2 Å². The molecule has 28 heavy (non-hydrogen) atoms. The van der Waals surface area contributed by atoms with Crippen LogP contribution >= 0.6 is 0 Å². The summed E-state index contributed by atoms with van der Waals surface area (Å²) < 4.78 is 0. The van der Waals surface area contributed by atoms with Crippen molar-refractivity contribution in [1.82, 2.24) is 4.98 Å². The molecule has 0 atom stereocenters. The van der Waals surface area contributed by atoms with Crippen molar-refractivity contribution in [2.75, 3.05) is 28.2 Å². The molecule has 0 aliphatic carbocycles. The van der Waals surface area contributed by atoms with E-state index in [1.807, 2.05) is 0 Å². The van der Waals surface area contributed by atoms with Crippen molar-refractivity contribution < 1.29 is 21.1 Å². The Morgan fingerprint density at radius 1 is 0.821 bits per heavy atom. The molecule has 0 heterocycles. The van der Waals surface area contributed by atoms with Gasteiger partial charge in [-0.3, -0.25) is 0 Å². The maximum atomic E-state index is 3.89. The number of hydrogen-bond donors (Lipinski definition) is 1. The smallest absolute Gasteiger partial charge is 0.668 e. The van der Waals surface area contributed by atoms with Crippen LogP contribution in [0.5, 0.6) is 0 Å². The Balaban J connectivity index is 0.000000930. The van der Waals surface area contributed by atoms with E-state index in [1.165, 1.54) is 26.7 Å². The minimum absolute atomic E-state index is 0. The molecule has 3 aromatic rings. The standard InChI is InChI=1S/C19H24NSi.2C2H6N.Mo/c1-19(2,3)20-21(4,5)18-12-8-11-16-15-10-7-6-9-14(15)13-17(16)18;2*1-3-2;/h6-13,20H,1-5H3;2*1-2H3;/q3*-1;+3. The number of nitrogens with zero attached hydrogens (tertiary/aromatic N) is 2. The first-order chi connectivity index (χ1) is 12.6. The molecule has 0 saturated heterocycles. The van der Waals surface area contributed by atoms with Gasteiger partial charge in [-0.05, 0) is 20.8 Å². The second kappa shape index (κ2) is 11.9. The number of rotatable bonds is 2. The summed E-state index contributed by atoms with van der Waals surface area (Å²) in [6.45, 7) is 11.6. The molecule has 5 heteroatoms. The van der Waals surface area contributed by atoms with E-state index in [9.17, 15) is 0 Å². The van der Waals surface area contributed by atoms with Gasteiger partial charge in [0, 0.05) is 5.54 Å². The third-order valence-corrected chi connectivity index (χ3v) is 7.18. The van der Waals surface area contributed by atoms with Crippen LogP contribution in [0, 0.1) is 0 Å². The first-order valence-electron chi connectivity index (χ1n) is 9.44. The molecule has 0 spiro atoms. The average Bonchev–Trinajstić information content (AvgIpc) is 2.92. The number of fused-ring (bicyclic) bond motifs is 3. The van der Waals surface area contributed by atoms with Crippen LogP contribution < -0.4 is 10.2 Å². The van der Waals surface area contributed by atoms with E-state index in [1.54, 1.807) is 28.2 Å². The Morgan fingerprint density at radius 2 is 1.32 bits per heavy atom. The molecule has 3 nitrogen and oxygen atoms in total. The monoisotopic (exact) mass is 480 g/mol. The molecule has 153 valence electrons. The number of nitrogens with one attached hydrogen (secondary N) is 1. The zero-order valence-corrected chi connectivity index (χ0v) is 21.9. The summed E-state index contributed by atoms with van der Waals surface area (Å²) >= 11 is 0. The van der Waals surface area contributed by atoms with Gasteiger partial charge in [-0.15, -0.1) is 33.7 Å². The van der Waals surface area contributed by atoms with Gasteiger partial charge in [-0.25, -0.2) is 0 Å². The Labute approximate surface area is 187 Å². The van der Waals surface area contributed by atoms with Crippen LogP contribution in [0.3, 0.4) is 0 Å².